The Morgan fingerprint density at radius 1 is 0.116 bits per heavy atom. The predicted molar refractivity (Wildman–Crippen MR) is 517 cm³/mol. The Hall–Kier alpha value is -15.8. The molecule has 0 N–H and O–H groups in total. The van der Waals surface area contributed by atoms with Crippen LogP contribution in [-0.2, 0) is 0 Å². The lowest BCUT2D eigenvalue weighted by Gasteiger charge is -2.28. The van der Waals surface area contributed by atoms with E-state index in [9.17, 15) is 0 Å². The van der Waals surface area contributed by atoms with Gasteiger partial charge in [0, 0.05) is 16.5 Å². The summed E-state index contributed by atoms with van der Waals surface area (Å²) in [6.45, 7) is 0. The molecular weight excluding hydrogens is 1460 g/mol. The average molecular weight is 1530 g/mol. The topological polar surface area (TPSA) is 4.93 Å². The van der Waals surface area contributed by atoms with Crippen LogP contribution < -0.4 is 0 Å². The van der Waals surface area contributed by atoms with E-state index in [0.717, 1.165) is 78.0 Å². The summed E-state index contributed by atoms with van der Waals surface area (Å²) < 4.78 is 2.41. The number of fused-ring (bicyclic) bond motifs is 15. The van der Waals surface area contributed by atoms with Gasteiger partial charge in [0.15, 0.2) is 0 Å². The molecular formula is C120H75N. The van der Waals surface area contributed by atoms with Gasteiger partial charge in [-0.15, -0.1) is 0 Å². The quantitative estimate of drug-likeness (QED) is 0.0801. The molecule has 23 aromatic carbocycles. The molecule has 1 heteroatoms. The lowest BCUT2D eigenvalue weighted by molar-refractivity contribution is 1.18. The molecule has 0 unspecified atom stereocenters. The highest BCUT2D eigenvalue weighted by molar-refractivity contribution is 6.44. The van der Waals surface area contributed by atoms with Crippen LogP contribution in [0.4, 0.5) is 0 Å². The van der Waals surface area contributed by atoms with Crippen molar-refractivity contribution in [3.05, 3.63) is 455 Å². The number of hydrogen-bond acceptors (Lipinski definition) is 0. The second-order valence-corrected chi connectivity index (χ2v) is 32.4. The molecule has 0 bridgehead atoms. The molecule has 121 heavy (non-hydrogen) atoms. The van der Waals surface area contributed by atoms with Gasteiger partial charge in [-0.05, 0) is 280 Å². The van der Waals surface area contributed by atoms with Crippen LogP contribution in [0.1, 0.15) is 0 Å². The highest BCUT2D eigenvalue weighted by atomic mass is 15.0. The normalized spacial score (nSPS) is 11.8. The van der Waals surface area contributed by atoms with Crippen molar-refractivity contribution in [2.45, 2.75) is 0 Å². The Labute approximate surface area is 701 Å². The molecule has 24 aromatic rings. The first-order valence-corrected chi connectivity index (χ1v) is 42.0. The fourth-order valence-electron chi connectivity index (χ4n) is 20.1. The first-order valence-electron chi connectivity index (χ1n) is 42.0. The Bertz CT molecular complexity index is 8180. The predicted octanol–water partition coefficient (Wildman–Crippen LogP) is 33.5. The molecule has 1 heterocycles. The minimum Gasteiger partial charge on any atom is -0.309 e. The lowest BCUT2D eigenvalue weighted by atomic mass is 9.75. The molecule has 0 aliphatic rings. The van der Waals surface area contributed by atoms with Gasteiger partial charge in [0.2, 0.25) is 0 Å². The number of benzene rings is 23. The maximum atomic E-state index is 2.50. The van der Waals surface area contributed by atoms with E-state index in [2.05, 4.69) is 460 Å². The van der Waals surface area contributed by atoms with E-state index in [1.54, 1.807) is 0 Å². The van der Waals surface area contributed by atoms with Crippen LogP contribution in [0.15, 0.2) is 455 Å². The van der Waals surface area contributed by atoms with Crippen LogP contribution in [-0.4, -0.2) is 4.57 Å². The van der Waals surface area contributed by atoms with Gasteiger partial charge in [0.1, 0.15) is 0 Å². The molecule has 0 amide bonds. The summed E-state index contributed by atoms with van der Waals surface area (Å²) in [5, 5.41) is 22.2. The molecule has 560 valence electrons. The van der Waals surface area contributed by atoms with Gasteiger partial charge in [-0.3, -0.25) is 0 Å². The molecule has 0 fully saturated rings. The van der Waals surface area contributed by atoms with Crippen LogP contribution in [0.3, 0.4) is 0 Å². The highest BCUT2D eigenvalue weighted by Gasteiger charge is 2.30. The van der Waals surface area contributed by atoms with E-state index in [1.807, 2.05) is 0 Å². The maximum absolute atomic E-state index is 2.50. The monoisotopic (exact) mass is 1530 g/mol. The van der Waals surface area contributed by atoms with Crippen molar-refractivity contribution in [1.82, 2.24) is 4.57 Å². The summed E-state index contributed by atoms with van der Waals surface area (Å²) in [5.74, 6) is 0. The second-order valence-electron chi connectivity index (χ2n) is 32.4. The van der Waals surface area contributed by atoms with Gasteiger partial charge in [-0.2, -0.15) is 0 Å². The third kappa shape index (κ3) is 11.5. The molecule has 0 spiro atoms. The number of aromatic nitrogens is 1. The van der Waals surface area contributed by atoms with Crippen molar-refractivity contribution in [2.75, 3.05) is 0 Å². The summed E-state index contributed by atoms with van der Waals surface area (Å²) in [7, 11) is 0. The van der Waals surface area contributed by atoms with E-state index in [0.29, 0.717) is 0 Å². The SMILES string of the molecule is c1ccc(-c2cccc(-c3ccc(-c4c(-c5ccc(-c6cccc(-c7ccccc7)c6)cc5)c(-c5ccc(-c6ccc7c(c6)c6ccccc6n7-c6ccccc6)cc5)c5c6cccc7c8cc(-c9ccccc9)c(-c9ccccc9)cc8c8cccc(c5c4-c4ccc(-c5ccc9c%10ccccc%10c%10ccccc%10c9c5)cc4)c8c76)cc3)c2)cc1. The van der Waals surface area contributed by atoms with Gasteiger partial charge in [0.25, 0.3) is 0 Å². The minimum atomic E-state index is 1.11. The molecule has 0 atom stereocenters. The van der Waals surface area contributed by atoms with Crippen LogP contribution >= 0.6 is 0 Å². The zero-order chi connectivity index (χ0) is 79.6. The van der Waals surface area contributed by atoms with E-state index >= 15 is 0 Å². The number of hydrogen-bond donors (Lipinski definition) is 0. The molecule has 24 rings (SSSR count). The molecule has 1 aromatic heterocycles. The largest absolute Gasteiger partial charge is 0.309 e. The summed E-state index contributed by atoms with van der Waals surface area (Å²) >= 11 is 0. The van der Waals surface area contributed by atoms with Crippen LogP contribution in [0.5, 0.6) is 0 Å². The zero-order valence-corrected chi connectivity index (χ0v) is 66.2. The second kappa shape index (κ2) is 28.5. The highest BCUT2D eigenvalue weighted by Crippen LogP contribution is 2.58. The maximum Gasteiger partial charge on any atom is 0.0541 e. The smallest absolute Gasteiger partial charge is 0.0541 e. The van der Waals surface area contributed by atoms with Crippen molar-refractivity contribution >= 4 is 108 Å². The van der Waals surface area contributed by atoms with E-state index in [-0.39, 0.29) is 0 Å². The van der Waals surface area contributed by atoms with Gasteiger partial charge in [0.05, 0.1) is 11.0 Å². The van der Waals surface area contributed by atoms with Gasteiger partial charge in [-0.25, -0.2) is 0 Å². The van der Waals surface area contributed by atoms with Crippen LogP contribution in [0.25, 0.3) is 247 Å². The first-order chi connectivity index (χ1) is 60.0. The van der Waals surface area contributed by atoms with Crippen molar-refractivity contribution in [3.63, 3.8) is 0 Å². The summed E-state index contributed by atoms with van der Waals surface area (Å²) in [6.07, 6.45) is 0. The Kier molecular flexibility index (Phi) is 16.4. The summed E-state index contributed by atoms with van der Waals surface area (Å²) in [6, 6.07) is 171. The zero-order valence-electron chi connectivity index (χ0n) is 66.2. The average Bonchev–Trinajstić information content (AvgIpc) is 1.07. The molecule has 0 saturated heterocycles. The Morgan fingerprint density at radius 3 is 0.793 bits per heavy atom. The standard InChI is InChI=1S/C120H75N/c1-6-26-76(27-7-1)88-34-22-36-90(70-88)78-50-58-84(59-51-78)113-114(85-60-52-79(53-61-85)91-37-23-35-89(71-91)77-28-8-2-9-29-77)116(87-64-56-81(57-65-87)93-67-69-112-110(73-93)100-44-20-21-49-111(100)121(112)94-38-14-5-15-39-94)120-104-48-25-46-102-109-75-106(83-32-12-4-13-33-83)105(82-30-10-3-11-31-82)74-108(109)101-45-24-47-103(117(101)118(102)104)119(120)115(113)86-62-54-80(55-63-86)92-66-68-99-97-42-17-16-40-95(97)96-41-18-19-43-98(96)107(99)72-92/h1-75H. The van der Waals surface area contributed by atoms with Crippen molar-refractivity contribution in [3.8, 4) is 139 Å². The molecule has 0 aliphatic carbocycles. The lowest BCUT2D eigenvalue weighted by Crippen LogP contribution is -2.00. The fraction of sp³-hybridized carbons (Fsp3) is 0. The van der Waals surface area contributed by atoms with Crippen molar-refractivity contribution in [1.29, 1.82) is 0 Å². The molecule has 0 saturated carbocycles. The number of para-hydroxylation sites is 2. The van der Waals surface area contributed by atoms with E-state index in [4.69, 9.17) is 0 Å². The fourth-order valence-corrected chi connectivity index (χ4v) is 20.1. The van der Waals surface area contributed by atoms with Crippen molar-refractivity contribution in [2.24, 2.45) is 0 Å². The van der Waals surface area contributed by atoms with E-state index < -0.39 is 0 Å². The third-order valence-corrected chi connectivity index (χ3v) is 25.7. The molecule has 1 nitrogen and oxygen atoms in total. The minimum absolute atomic E-state index is 1.11. The third-order valence-electron chi connectivity index (χ3n) is 25.7. The summed E-state index contributed by atoms with van der Waals surface area (Å²) in [4.78, 5) is 0. The van der Waals surface area contributed by atoms with Gasteiger partial charge in [-0.1, -0.05) is 394 Å². The van der Waals surface area contributed by atoms with Crippen molar-refractivity contribution < 1.29 is 0 Å². The van der Waals surface area contributed by atoms with Crippen LogP contribution in [0.2, 0.25) is 0 Å². The summed E-state index contributed by atoms with van der Waals surface area (Å²) in [5.41, 5.74) is 31.4. The van der Waals surface area contributed by atoms with E-state index in [1.165, 1.54) is 169 Å². The Balaban J connectivity index is 0.820. The van der Waals surface area contributed by atoms with Gasteiger partial charge >= 0.3 is 0 Å². The van der Waals surface area contributed by atoms with Crippen LogP contribution in [0, 0.1) is 0 Å². The first kappa shape index (κ1) is 69.5. The molecule has 0 radical (unpaired) electrons. The number of nitrogens with zero attached hydrogens (tertiary/aromatic N) is 1. The van der Waals surface area contributed by atoms with Gasteiger partial charge < -0.3 is 4.57 Å². The molecule has 0 aliphatic heterocycles. The Morgan fingerprint density at radius 2 is 0.372 bits per heavy atom. The number of rotatable bonds is 13.